The largest absolute Gasteiger partial charge is 0.481 e. The Kier molecular flexibility index (Phi) is 6.02. The first-order valence-electron chi connectivity index (χ1n) is 7.10. The summed E-state index contributed by atoms with van der Waals surface area (Å²) in [5.41, 5.74) is 2.24. The van der Waals surface area contributed by atoms with Crippen molar-refractivity contribution in [1.82, 2.24) is 10.6 Å². The summed E-state index contributed by atoms with van der Waals surface area (Å²) in [6.45, 7) is 9.76. The minimum Gasteiger partial charge on any atom is -0.481 e. The lowest BCUT2D eigenvalue weighted by atomic mass is 10.0. The molecule has 0 aliphatic rings. The lowest BCUT2D eigenvalue weighted by Gasteiger charge is -2.21. The zero-order chi connectivity index (χ0) is 15.3. The molecular formula is C16H26N2O2. The van der Waals surface area contributed by atoms with Crippen LogP contribution in [0.3, 0.4) is 0 Å². The van der Waals surface area contributed by atoms with Crippen LogP contribution in [-0.4, -0.2) is 25.1 Å². The van der Waals surface area contributed by atoms with Crippen LogP contribution in [0.25, 0.3) is 0 Å². The molecule has 4 nitrogen and oxygen atoms in total. The van der Waals surface area contributed by atoms with Gasteiger partial charge in [-0.15, -0.1) is 0 Å². The minimum absolute atomic E-state index is 0.0939. The van der Waals surface area contributed by atoms with E-state index in [2.05, 4.69) is 23.6 Å². The quantitative estimate of drug-likeness (QED) is 0.841. The monoisotopic (exact) mass is 278 g/mol. The predicted octanol–water partition coefficient (Wildman–Crippen LogP) is 2.57. The average molecular weight is 278 g/mol. The van der Waals surface area contributed by atoms with Gasteiger partial charge in [-0.1, -0.05) is 17.7 Å². The van der Waals surface area contributed by atoms with E-state index in [0.717, 1.165) is 11.3 Å². The van der Waals surface area contributed by atoms with Crippen LogP contribution >= 0.6 is 0 Å². The molecule has 1 amide bonds. The van der Waals surface area contributed by atoms with E-state index >= 15 is 0 Å². The van der Waals surface area contributed by atoms with Crippen molar-refractivity contribution in [3.05, 3.63) is 29.3 Å². The predicted molar refractivity (Wildman–Crippen MR) is 82.0 cm³/mol. The van der Waals surface area contributed by atoms with E-state index in [1.807, 2.05) is 40.0 Å². The van der Waals surface area contributed by atoms with Gasteiger partial charge in [-0.3, -0.25) is 4.79 Å². The van der Waals surface area contributed by atoms with Crippen molar-refractivity contribution < 1.29 is 9.53 Å². The van der Waals surface area contributed by atoms with Gasteiger partial charge < -0.3 is 15.4 Å². The maximum Gasteiger partial charge on any atom is 0.260 e. The Balaban J connectivity index is 2.88. The molecule has 2 atom stereocenters. The Morgan fingerprint density at radius 2 is 1.85 bits per heavy atom. The third kappa shape index (κ3) is 4.53. The molecule has 2 N–H and O–H groups in total. The Morgan fingerprint density at radius 1 is 1.20 bits per heavy atom. The fourth-order valence-corrected chi connectivity index (χ4v) is 1.91. The maximum absolute atomic E-state index is 11.9. The fourth-order valence-electron chi connectivity index (χ4n) is 1.91. The van der Waals surface area contributed by atoms with Crippen molar-refractivity contribution in [2.24, 2.45) is 0 Å². The van der Waals surface area contributed by atoms with Gasteiger partial charge in [0.15, 0.2) is 6.10 Å². The minimum atomic E-state index is -0.511. The molecule has 4 heteroatoms. The lowest BCUT2D eigenvalue weighted by Crippen LogP contribution is -2.40. The Bertz CT molecular complexity index is 458. The molecule has 0 saturated heterocycles. The molecule has 0 fully saturated rings. The van der Waals surface area contributed by atoms with Crippen molar-refractivity contribution in [1.29, 1.82) is 0 Å². The highest BCUT2D eigenvalue weighted by atomic mass is 16.5. The first-order chi connectivity index (χ1) is 9.35. The third-order valence-electron chi connectivity index (χ3n) is 3.17. The standard InChI is InChI=1S/C16H26N2O2/c1-10(2)18-16(19)13(5)20-15-8-7-11(3)9-14(15)12(4)17-6/h7-10,12-13,17H,1-6H3,(H,18,19). The van der Waals surface area contributed by atoms with E-state index in [1.54, 1.807) is 6.92 Å². The normalized spacial score (nSPS) is 13.9. The van der Waals surface area contributed by atoms with E-state index < -0.39 is 6.10 Å². The molecule has 1 rings (SSSR count). The van der Waals surface area contributed by atoms with Crippen LogP contribution in [0.5, 0.6) is 5.75 Å². The molecule has 0 bridgehead atoms. The summed E-state index contributed by atoms with van der Waals surface area (Å²) in [7, 11) is 1.91. The number of aryl methyl sites for hydroxylation is 1. The van der Waals surface area contributed by atoms with Gasteiger partial charge in [0, 0.05) is 17.6 Å². The van der Waals surface area contributed by atoms with Crippen molar-refractivity contribution >= 4 is 5.91 Å². The number of carbonyl (C=O) groups excluding carboxylic acids is 1. The highest BCUT2D eigenvalue weighted by Gasteiger charge is 2.18. The number of ether oxygens (including phenoxy) is 1. The summed E-state index contributed by atoms with van der Waals surface area (Å²) < 4.78 is 5.83. The molecule has 0 aliphatic carbocycles. The van der Waals surface area contributed by atoms with Gasteiger partial charge in [0.05, 0.1) is 0 Å². The topological polar surface area (TPSA) is 50.4 Å². The second-order valence-electron chi connectivity index (χ2n) is 5.48. The smallest absolute Gasteiger partial charge is 0.260 e. The molecule has 0 saturated carbocycles. The molecule has 2 unspecified atom stereocenters. The van der Waals surface area contributed by atoms with Crippen molar-refractivity contribution in [2.45, 2.75) is 52.8 Å². The summed E-state index contributed by atoms with van der Waals surface area (Å²) in [4.78, 5) is 11.9. The highest BCUT2D eigenvalue weighted by Crippen LogP contribution is 2.27. The van der Waals surface area contributed by atoms with Crippen LogP contribution in [0, 0.1) is 6.92 Å². The van der Waals surface area contributed by atoms with E-state index in [-0.39, 0.29) is 18.0 Å². The number of hydrogen-bond acceptors (Lipinski definition) is 3. The summed E-state index contributed by atoms with van der Waals surface area (Å²) in [6.07, 6.45) is -0.511. The third-order valence-corrected chi connectivity index (χ3v) is 3.17. The first-order valence-corrected chi connectivity index (χ1v) is 7.10. The highest BCUT2D eigenvalue weighted by molar-refractivity contribution is 5.81. The van der Waals surface area contributed by atoms with E-state index in [4.69, 9.17) is 4.74 Å². The maximum atomic E-state index is 11.9. The number of rotatable bonds is 6. The summed E-state index contributed by atoms with van der Waals surface area (Å²) in [6, 6.07) is 6.29. The zero-order valence-corrected chi connectivity index (χ0v) is 13.3. The first kappa shape index (κ1) is 16.5. The number of carbonyl (C=O) groups is 1. The van der Waals surface area contributed by atoms with Crippen molar-refractivity contribution in [3.8, 4) is 5.75 Å². The zero-order valence-electron chi connectivity index (χ0n) is 13.3. The average Bonchev–Trinajstić information content (AvgIpc) is 2.38. The van der Waals surface area contributed by atoms with Crippen LogP contribution in [0.2, 0.25) is 0 Å². The van der Waals surface area contributed by atoms with E-state index in [0.29, 0.717) is 0 Å². The number of benzene rings is 1. The van der Waals surface area contributed by atoms with E-state index in [1.165, 1.54) is 5.56 Å². The molecule has 20 heavy (non-hydrogen) atoms. The number of nitrogens with one attached hydrogen (secondary N) is 2. The van der Waals surface area contributed by atoms with Crippen LogP contribution < -0.4 is 15.4 Å². The number of hydrogen-bond donors (Lipinski definition) is 2. The van der Waals surface area contributed by atoms with Crippen LogP contribution in [0.1, 0.15) is 44.9 Å². The van der Waals surface area contributed by atoms with Gasteiger partial charge in [0.2, 0.25) is 0 Å². The van der Waals surface area contributed by atoms with Gasteiger partial charge >= 0.3 is 0 Å². The summed E-state index contributed by atoms with van der Waals surface area (Å²) in [5.74, 6) is 0.660. The Morgan fingerprint density at radius 3 is 2.40 bits per heavy atom. The number of amides is 1. The van der Waals surface area contributed by atoms with Gasteiger partial charge in [0.25, 0.3) is 5.91 Å². The molecule has 1 aromatic carbocycles. The van der Waals surface area contributed by atoms with Gasteiger partial charge in [-0.25, -0.2) is 0 Å². The van der Waals surface area contributed by atoms with Crippen LogP contribution in [0.15, 0.2) is 18.2 Å². The van der Waals surface area contributed by atoms with Crippen molar-refractivity contribution in [3.63, 3.8) is 0 Å². The fraction of sp³-hybridized carbons (Fsp3) is 0.562. The molecule has 0 spiro atoms. The molecule has 0 aromatic heterocycles. The van der Waals surface area contributed by atoms with Gasteiger partial charge in [0.1, 0.15) is 5.75 Å². The second-order valence-corrected chi connectivity index (χ2v) is 5.48. The van der Waals surface area contributed by atoms with Gasteiger partial charge in [-0.05, 0) is 47.7 Å². The van der Waals surface area contributed by atoms with Crippen LogP contribution in [-0.2, 0) is 4.79 Å². The Hall–Kier alpha value is -1.55. The molecule has 1 aromatic rings. The summed E-state index contributed by atoms with van der Waals surface area (Å²) in [5, 5.41) is 6.06. The molecule has 0 heterocycles. The molecule has 0 aliphatic heterocycles. The van der Waals surface area contributed by atoms with E-state index in [9.17, 15) is 4.79 Å². The van der Waals surface area contributed by atoms with Crippen LogP contribution in [0.4, 0.5) is 0 Å². The molecular weight excluding hydrogens is 252 g/mol. The molecule has 0 radical (unpaired) electrons. The molecule has 112 valence electrons. The summed E-state index contributed by atoms with van der Waals surface area (Å²) >= 11 is 0. The SMILES string of the molecule is CNC(C)c1cc(C)ccc1OC(C)C(=O)NC(C)C. The Labute approximate surface area is 121 Å². The van der Waals surface area contributed by atoms with Gasteiger partial charge in [-0.2, -0.15) is 0 Å². The lowest BCUT2D eigenvalue weighted by molar-refractivity contribution is -0.127. The van der Waals surface area contributed by atoms with Crippen molar-refractivity contribution in [2.75, 3.05) is 7.05 Å². The second kappa shape index (κ2) is 7.29.